The van der Waals surface area contributed by atoms with E-state index >= 15 is 0 Å². The SMILES string of the molecule is C[C@](O)(c1ccc2ncc(-c3ccnc(N[C@H]4CNCC[C@@H]4F)n3)n2c1)C(F)(F)F. The summed E-state index contributed by atoms with van der Waals surface area (Å²) in [6.07, 6.45) is -1.38. The molecule has 0 radical (unpaired) electrons. The van der Waals surface area contributed by atoms with E-state index in [0.717, 1.165) is 0 Å². The zero-order valence-corrected chi connectivity index (χ0v) is 16.0. The quantitative estimate of drug-likeness (QED) is 0.559. The van der Waals surface area contributed by atoms with E-state index in [-0.39, 0.29) is 11.5 Å². The number of rotatable bonds is 4. The second-order valence-electron chi connectivity index (χ2n) is 7.38. The summed E-state index contributed by atoms with van der Waals surface area (Å²) in [5.41, 5.74) is -2.16. The van der Waals surface area contributed by atoms with Gasteiger partial charge in [0.25, 0.3) is 0 Å². The molecule has 11 heteroatoms. The van der Waals surface area contributed by atoms with Gasteiger partial charge in [-0.2, -0.15) is 13.2 Å². The molecule has 0 amide bonds. The summed E-state index contributed by atoms with van der Waals surface area (Å²) in [5, 5.41) is 16.1. The van der Waals surface area contributed by atoms with Crippen LogP contribution in [0, 0.1) is 0 Å². The minimum atomic E-state index is -4.84. The van der Waals surface area contributed by atoms with Gasteiger partial charge in [0.1, 0.15) is 11.8 Å². The summed E-state index contributed by atoms with van der Waals surface area (Å²) in [6.45, 7) is 1.73. The van der Waals surface area contributed by atoms with E-state index in [2.05, 4.69) is 25.6 Å². The third kappa shape index (κ3) is 3.70. The maximum Gasteiger partial charge on any atom is 0.421 e. The molecule has 4 heterocycles. The second-order valence-corrected chi connectivity index (χ2v) is 7.38. The monoisotopic (exact) mass is 424 g/mol. The van der Waals surface area contributed by atoms with Crippen molar-refractivity contribution in [2.75, 3.05) is 18.4 Å². The van der Waals surface area contributed by atoms with Crippen molar-refractivity contribution in [2.24, 2.45) is 0 Å². The van der Waals surface area contributed by atoms with Crippen molar-refractivity contribution in [3.8, 4) is 11.4 Å². The number of imidazole rings is 1. The van der Waals surface area contributed by atoms with Gasteiger partial charge in [0, 0.05) is 24.5 Å². The van der Waals surface area contributed by atoms with Crippen LogP contribution in [0.15, 0.2) is 36.8 Å². The summed E-state index contributed by atoms with van der Waals surface area (Å²) in [4.78, 5) is 12.7. The lowest BCUT2D eigenvalue weighted by Crippen LogP contribution is -2.46. The van der Waals surface area contributed by atoms with Crippen LogP contribution in [0.4, 0.5) is 23.5 Å². The molecule has 30 heavy (non-hydrogen) atoms. The molecule has 0 aliphatic carbocycles. The van der Waals surface area contributed by atoms with Gasteiger partial charge in [-0.15, -0.1) is 0 Å². The fourth-order valence-electron chi connectivity index (χ4n) is 3.33. The molecule has 0 aromatic carbocycles. The number of nitrogens with one attached hydrogen (secondary N) is 2. The molecule has 0 saturated carbocycles. The molecule has 7 nitrogen and oxygen atoms in total. The lowest BCUT2D eigenvalue weighted by Gasteiger charge is -2.27. The van der Waals surface area contributed by atoms with Crippen LogP contribution < -0.4 is 10.6 Å². The summed E-state index contributed by atoms with van der Waals surface area (Å²) in [5.74, 6) is 0.206. The van der Waals surface area contributed by atoms with Crippen molar-refractivity contribution in [2.45, 2.75) is 37.3 Å². The Morgan fingerprint density at radius 2 is 2.03 bits per heavy atom. The number of aliphatic hydroxyl groups is 1. The molecule has 0 unspecified atom stereocenters. The number of halogens is 4. The van der Waals surface area contributed by atoms with E-state index in [1.54, 1.807) is 6.07 Å². The molecule has 1 aliphatic heterocycles. The molecular weight excluding hydrogens is 404 g/mol. The molecule has 1 fully saturated rings. The van der Waals surface area contributed by atoms with Crippen LogP contribution in [0.2, 0.25) is 0 Å². The van der Waals surface area contributed by atoms with E-state index in [9.17, 15) is 22.7 Å². The van der Waals surface area contributed by atoms with Gasteiger partial charge in [-0.05, 0) is 32.0 Å². The summed E-state index contributed by atoms with van der Waals surface area (Å²) >= 11 is 0. The molecule has 3 aromatic heterocycles. The second kappa shape index (κ2) is 7.47. The number of hydrogen-bond acceptors (Lipinski definition) is 6. The van der Waals surface area contributed by atoms with E-state index in [1.165, 1.54) is 35.1 Å². The number of nitrogens with zero attached hydrogens (tertiary/aromatic N) is 4. The minimum Gasteiger partial charge on any atom is -0.376 e. The van der Waals surface area contributed by atoms with Crippen molar-refractivity contribution in [1.82, 2.24) is 24.7 Å². The number of hydrogen-bond donors (Lipinski definition) is 3. The third-order valence-corrected chi connectivity index (χ3v) is 5.25. The van der Waals surface area contributed by atoms with E-state index in [0.29, 0.717) is 43.5 Å². The maximum absolute atomic E-state index is 14.1. The highest BCUT2D eigenvalue weighted by Gasteiger charge is 2.51. The molecular formula is C19H20F4N6O. The van der Waals surface area contributed by atoms with Crippen LogP contribution in [0.5, 0.6) is 0 Å². The van der Waals surface area contributed by atoms with Gasteiger partial charge in [-0.1, -0.05) is 6.07 Å². The topological polar surface area (TPSA) is 87.4 Å². The Morgan fingerprint density at radius 1 is 1.23 bits per heavy atom. The number of pyridine rings is 1. The fraction of sp³-hybridized carbons (Fsp3) is 0.421. The fourth-order valence-corrected chi connectivity index (χ4v) is 3.33. The van der Waals surface area contributed by atoms with Gasteiger partial charge in [-0.3, -0.25) is 4.40 Å². The van der Waals surface area contributed by atoms with Gasteiger partial charge >= 0.3 is 6.18 Å². The van der Waals surface area contributed by atoms with Gasteiger partial charge < -0.3 is 15.7 Å². The van der Waals surface area contributed by atoms with Crippen LogP contribution in [0.3, 0.4) is 0 Å². The van der Waals surface area contributed by atoms with Gasteiger partial charge in [0.15, 0.2) is 5.60 Å². The third-order valence-electron chi connectivity index (χ3n) is 5.25. The first-order chi connectivity index (χ1) is 14.2. The van der Waals surface area contributed by atoms with Crippen LogP contribution in [0.1, 0.15) is 18.9 Å². The highest BCUT2D eigenvalue weighted by Crippen LogP contribution is 2.38. The number of alkyl halides is 4. The predicted molar refractivity (Wildman–Crippen MR) is 102 cm³/mol. The lowest BCUT2D eigenvalue weighted by molar-refractivity contribution is -0.259. The highest BCUT2D eigenvalue weighted by molar-refractivity contribution is 5.61. The molecule has 0 spiro atoms. The summed E-state index contributed by atoms with van der Waals surface area (Å²) < 4.78 is 55.2. The molecule has 1 aliphatic rings. The number of fused-ring (bicyclic) bond motifs is 1. The van der Waals surface area contributed by atoms with Crippen LogP contribution in [-0.2, 0) is 5.60 Å². The smallest absolute Gasteiger partial charge is 0.376 e. The van der Waals surface area contributed by atoms with Crippen LogP contribution >= 0.6 is 0 Å². The maximum atomic E-state index is 14.1. The molecule has 4 rings (SSSR count). The van der Waals surface area contributed by atoms with Gasteiger partial charge in [0.05, 0.1) is 23.6 Å². The normalized spacial score (nSPS) is 22.1. The Kier molecular flexibility index (Phi) is 5.10. The molecule has 3 atom stereocenters. The first-order valence-electron chi connectivity index (χ1n) is 9.38. The zero-order chi connectivity index (χ0) is 21.5. The standard InChI is InChI=1S/C19H20F4N6O/c1-18(30,19(21,22)23)11-2-3-16-26-9-15(29(16)10-11)13-5-7-25-17(27-13)28-14-8-24-6-4-12(14)20/h2-3,5,7,9-10,12,14,24,30H,4,6,8H2,1H3,(H,25,27,28)/t12-,14-,18-/m0/s1. The molecule has 3 aromatic rings. The number of anilines is 1. The van der Waals surface area contributed by atoms with Crippen molar-refractivity contribution in [3.63, 3.8) is 0 Å². The largest absolute Gasteiger partial charge is 0.421 e. The Hall–Kier alpha value is -2.79. The van der Waals surface area contributed by atoms with E-state index < -0.39 is 24.0 Å². The van der Waals surface area contributed by atoms with Gasteiger partial charge in [0.2, 0.25) is 5.95 Å². The van der Waals surface area contributed by atoms with Crippen molar-refractivity contribution < 1.29 is 22.7 Å². The molecule has 1 saturated heterocycles. The average Bonchev–Trinajstić information content (AvgIpc) is 3.12. The lowest BCUT2D eigenvalue weighted by atomic mass is 9.97. The average molecular weight is 424 g/mol. The Balaban J connectivity index is 1.69. The molecule has 160 valence electrons. The van der Waals surface area contributed by atoms with Crippen LogP contribution in [0.25, 0.3) is 17.0 Å². The van der Waals surface area contributed by atoms with E-state index in [1.807, 2.05) is 0 Å². The zero-order valence-electron chi connectivity index (χ0n) is 16.0. The molecule has 3 N–H and O–H groups in total. The Bertz CT molecular complexity index is 1050. The van der Waals surface area contributed by atoms with Crippen molar-refractivity contribution in [3.05, 3.63) is 42.4 Å². The first-order valence-corrected chi connectivity index (χ1v) is 9.38. The predicted octanol–water partition coefficient (Wildman–Crippen LogP) is 2.67. The Labute approximate surface area is 169 Å². The van der Waals surface area contributed by atoms with E-state index in [4.69, 9.17) is 0 Å². The Morgan fingerprint density at radius 3 is 2.77 bits per heavy atom. The summed E-state index contributed by atoms with van der Waals surface area (Å²) in [7, 11) is 0. The van der Waals surface area contributed by atoms with Crippen LogP contribution in [-0.4, -0.2) is 55.9 Å². The molecule has 0 bridgehead atoms. The number of aromatic nitrogens is 4. The summed E-state index contributed by atoms with van der Waals surface area (Å²) in [6, 6.07) is 3.67. The van der Waals surface area contributed by atoms with Crippen molar-refractivity contribution >= 4 is 11.6 Å². The highest BCUT2D eigenvalue weighted by atomic mass is 19.4. The minimum absolute atomic E-state index is 0.206. The van der Waals surface area contributed by atoms with Crippen molar-refractivity contribution in [1.29, 1.82) is 0 Å². The van der Waals surface area contributed by atoms with Gasteiger partial charge in [-0.25, -0.2) is 19.3 Å². The first kappa shape index (κ1) is 20.5. The number of piperidine rings is 1.